The van der Waals surface area contributed by atoms with Gasteiger partial charge < -0.3 is 20.0 Å². The summed E-state index contributed by atoms with van der Waals surface area (Å²) in [6, 6.07) is 10.2. The van der Waals surface area contributed by atoms with E-state index in [4.69, 9.17) is 15.4 Å². The maximum atomic E-state index is 14.4. The van der Waals surface area contributed by atoms with Crippen molar-refractivity contribution in [1.82, 2.24) is 29.5 Å². The first-order chi connectivity index (χ1) is 18.1. The van der Waals surface area contributed by atoms with Crippen LogP contribution in [-0.2, 0) is 0 Å². The topological polar surface area (TPSA) is 129 Å². The lowest BCUT2D eigenvalue weighted by Gasteiger charge is -2.40. The van der Waals surface area contributed by atoms with Gasteiger partial charge in [0.25, 0.3) is 5.78 Å². The molecule has 11 nitrogen and oxygen atoms in total. The van der Waals surface area contributed by atoms with Crippen molar-refractivity contribution in [2.45, 2.75) is 12.8 Å². The summed E-state index contributed by atoms with van der Waals surface area (Å²) in [6.07, 6.45) is 3.74. The predicted octanol–water partition coefficient (Wildman–Crippen LogP) is 2.41. The third-order valence-electron chi connectivity index (χ3n) is 7.07. The van der Waals surface area contributed by atoms with Gasteiger partial charge in [0, 0.05) is 45.8 Å². The van der Waals surface area contributed by atoms with Crippen LogP contribution in [0.2, 0.25) is 0 Å². The number of nitrogen functional groups attached to an aromatic ring is 1. The van der Waals surface area contributed by atoms with Crippen molar-refractivity contribution in [3.8, 4) is 17.7 Å². The molecular formula is C25H27FN10O. The van der Waals surface area contributed by atoms with Gasteiger partial charge in [-0.2, -0.15) is 24.7 Å². The van der Waals surface area contributed by atoms with Crippen LogP contribution in [-0.4, -0.2) is 75.3 Å². The van der Waals surface area contributed by atoms with Crippen LogP contribution >= 0.6 is 0 Å². The average Bonchev–Trinajstić information content (AvgIpc) is 3.60. The van der Waals surface area contributed by atoms with E-state index in [0.29, 0.717) is 40.5 Å². The maximum Gasteiger partial charge on any atom is 0.259 e. The fourth-order valence-electron chi connectivity index (χ4n) is 5.21. The van der Waals surface area contributed by atoms with E-state index in [1.165, 1.54) is 10.6 Å². The number of nitrogens with two attached hydrogens (primary N) is 1. The summed E-state index contributed by atoms with van der Waals surface area (Å²) in [7, 11) is 0. The van der Waals surface area contributed by atoms with Crippen molar-refractivity contribution >= 4 is 23.4 Å². The number of hydrogen-bond donors (Lipinski definition) is 1. The third-order valence-corrected chi connectivity index (χ3v) is 7.07. The number of benzene rings is 1. The quantitative estimate of drug-likeness (QED) is 0.434. The van der Waals surface area contributed by atoms with Gasteiger partial charge in [-0.15, -0.1) is 5.10 Å². The van der Waals surface area contributed by atoms with Gasteiger partial charge in [0.1, 0.15) is 5.82 Å². The van der Waals surface area contributed by atoms with Gasteiger partial charge in [-0.1, -0.05) is 0 Å². The first-order valence-electron chi connectivity index (χ1n) is 12.4. The van der Waals surface area contributed by atoms with E-state index >= 15 is 0 Å². The molecule has 12 heteroatoms. The Morgan fingerprint density at radius 1 is 1.08 bits per heavy atom. The molecule has 0 spiro atoms. The van der Waals surface area contributed by atoms with Crippen molar-refractivity contribution in [1.29, 1.82) is 5.26 Å². The highest BCUT2D eigenvalue weighted by atomic mass is 19.1. The molecule has 1 atom stereocenters. The SMILES string of the molecule is N#Cc1ccc(N2CCN(C[C@@H]3CCCN(c4nc(N)n5nc(-c6ccco6)nc5n4)C3)CC2)c(F)c1. The van der Waals surface area contributed by atoms with E-state index in [1.807, 2.05) is 6.07 Å². The maximum absolute atomic E-state index is 14.4. The fraction of sp³-hybridized carbons (Fsp3) is 0.400. The molecule has 190 valence electrons. The number of halogens is 1. The van der Waals surface area contributed by atoms with Crippen molar-refractivity contribution in [3.05, 3.63) is 48.0 Å². The van der Waals surface area contributed by atoms with Crippen LogP contribution in [0.1, 0.15) is 18.4 Å². The predicted molar refractivity (Wildman–Crippen MR) is 135 cm³/mol. The minimum absolute atomic E-state index is 0.235. The molecule has 0 bridgehead atoms. The molecule has 3 aromatic heterocycles. The van der Waals surface area contributed by atoms with Gasteiger partial charge in [-0.05, 0) is 49.1 Å². The van der Waals surface area contributed by atoms with E-state index in [0.717, 1.165) is 58.7 Å². The molecule has 4 aromatic rings. The van der Waals surface area contributed by atoms with E-state index in [9.17, 15) is 4.39 Å². The number of anilines is 3. The second-order valence-corrected chi connectivity index (χ2v) is 9.53. The summed E-state index contributed by atoms with van der Waals surface area (Å²) in [4.78, 5) is 20.3. The minimum atomic E-state index is -0.337. The standard InChI is InChI=1S/C25H27FN10O/c26-19-13-17(14-27)5-6-20(19)34-10-8-33(9-11-34)15-18-3-1-7-35(16-18)24-30-23(28)36-25(31-24)29-22(32-36)21-4-2-12-37-21/h2,4-6,12-13,18H,1,3,7-11,15-16H2,(H2,28,29,30,31,32)/t18-/m0/s1. The molecule has 0 amide bonds. The zero-order chi connectivity index (χ0) is 25.4. The molecule has 2 aliphatic rings. The van der Waals surface area contributed by atoms with E-state index < -0.39 is 0 Å². The molecule has 0 unspecified atom stereocenters. The number of piperidine rings is 1. The highest BCUT2D eigenvalue weighted by Gasteiger charge is 2.27. The third kappa shape index (κ3) is 4.65. The van der Waals surface area contributed by atoms with Gasteiger partial charge in [0.2, 0.25) is 17.7 Å². The number of nitriles is 1. The Hall–Kier alpha value is -4.24. The fourth-order valence-corrected chi connectivity index (χ4v) is 5.21. The molecule has 2 saturated heterocycles. The molecule has 5 heterocycles. The van der Waals surface area contributed by atoms with Gasteiger partial charge in [-0.25, -0.2) is 4.39 Å². The summed E-state index contributed by atoms with van der Waals surface area (Å²) in [5.74, 6) is 2.28. The molecular weight excluding hydrogens is 475 g/mol. The van der Waals surface area contributed by atoms with E-state index in [-0.39, 0.29) is 11.8 Å². The largest absolute Gasteiger partial charge is 0.461 e. The highest BCUT2D eigenvalue weighted by Crippen LogP contribution is 2.26. The van der Waals surface area contributed by atoms with Crippen LogP contribution < -0.4 is 15.5 Å². The normalized spacial score (nSPS) is 18.9. The Kier molecular flexibility index (Phi) is 6.05. The number of piperazine rings is 1. The Morgan fingerprint density at radius 3 is 2.70 bits per heavy atom. The van der Waals surface area contributed by atoms with Crippen LogP contribution in [0.5, 0.6) is 0 Å². The van der Waals surface area contributed by atoms with Crippen LogP contribution in [0.25, 0.3) is 17.4 Å². The Morgan fingerprint density at radius 2 is 1.95 bits per heavy atom. The van der Waals surface area contributed by atoms with Crippen molar-refractivity contribution in [2.75, 3.05) is 61.3 Å². The molecule has 0 radical (unpaired) electrons. The van der Waals surface area contributed by atoms with Crippen LogP contribution in [0.4, 0.5) is 22.0 Å². The second-order valence-electron chi connectivity index (χ2n) is 9.53. The lowest BCUT2D eigenvalue weighted by Crippen LogP contribution is -2.50. The molecule has 2 N–H and O–H groups in total. The number of fused-ring (bicyclic) bond motifs is 1. The summed E-state index contributed by atoms with van der Waals surface area (Å²) >= 11 is 0. The first kappa shape index (κ1) is 23.2. The van der Waals surface area contributed by atoms with Gasteiger partial charge in [-0.3, -0.25) is 4.90 Å². The summed E-state index contributed by atoms with van der Waals surface area (Å²) < 4.78 is 21.3. The summed E-state index contributed by atoms with van der Waals surface area (Å²) in [5.41, 5.74) is 7.11. The van der Waals surface area contributed by atoms with Gasteiger partial charge in [0.15, 0.2) is 5.76 Å². The molecule has 1 aromatic carbocycles. The van der Waals surface area contributed by atoms with Crippen LogP contribution in [0, 0.1) is 23.1 Å². The first-order valence-corrected chi connectivity index (χ1v) is 12.4. The Bertz CT molecular complexity index is 1440. The Balaban J connectivity index is 1.09. The van der Waals surface area contributed by atoms with E-state index in [1.54, 1.807) is 30.5 Å². The molecule has 0 aliphatic carbocycles. The number of aromatic nitrogens is 5. The minimum Gasteiger partial charge on any atom is -0.461 e. The van der Waals surface area contributed by atoms with Crippen molar-refractivity contribution < 1.29 is 8.81 Å². The molecule has 6 rings (SSSR count). The zero-order valence-electron chi connectivity index (χ0n) is 20.3. The smallest absolute Gasteiger partial charge is 0.259 e. The summed E-state index contributed by atoms with van der Waals surface area (Å²) in [6.45, 7) is 5.88. The second kappa shape index (κ2) is 9.67. The zero-order valence-corrected chi connectivity index (χ0v) is 20.3. The Labute approximate surface area is 212 Å². The van der Waals surface area contributed by atoms with Crippen LogP contribution in [0.3, 0.4) is 0 Å². The highest BCUT2D eigenvalue weighted by molar-refractivity contribution is 5.53. The lowest BCUT2D eigenvalue weighted by atomic mass is 9.97. The molecule has 37 heavy (non-hydrogen) atoms. The van der Waals surface area contributed by atoms with Crippen LogP contribution in [0.15, 0.2) is 41.0 Å². The molecule has 0 saturated carbocycles. The van der Waals surface area contributed by atoms with Crippen molar-refractivity contribution in [2.24, 2.45) is 5.92 Å². The monoisotopic (exact) mass is 502 g/mol. The molecule has 2 aliphatic heterocycles. The van der Waals surface area contributed by atoms with Crippen molar-refractivity contribution in [3.63, 3.8) is 0 Å². The number of nitrogens with zero attached hydrogens (tertiary/aromatic N) is 9. The number of rotatable bonds is 5. The molecule has 2 fully saturated rings. The average molecular weight is 503 g/mol. The lowest BCUT2D eigenvalue weighted by molar-refractivity contribution is 0.205. The summed E-state index contributed by atoms with van der Waals surface area (Å²) in [5, 5.41) is 13.3. The van der Waals surface area contributed by atoms with E-state index in [2.05, 4.69) is 34.8 Å². The van der Waals surface area contributed by atoms with Gasteiger partial charge in [0.05, 0.1) is 23.6 Å². The number of furan rings is 1. The van der Waals surface area contributed by atoms with Gasteiger partial charge >= 0.3 is 0 Å². The number of hydrogen-bond acceptors (Lipinski definition) is 10.